The normalized spacial score (nSPS) is 10.4. The molecule has 0 spiro atoms. The summed E-state index contributed by atoms with van der Waals surface area (Å²) in [6, 6.07) is 23.8. The monoisotopic (exact) mass is 633 g/mol. The van der Waals surface area contributed by atoms with Crippen LogP contribution in [-0.2, 0) is 37.0 Å². The third-order valence-corrected chi connectivity index (χ3v) is 5.40. The minimum atomic E-state index is -0.875. The van der Waals surface area contributed by atoms with Gasteiger partial charge in [-0.3, -0.25) is 15.4 Å². The maximum atomic E-state index is 12.5. The Hall–Kier alpha value is -5.92. The number of aliphatic imine (C=N–C) groups is 1. The van der Waals surface area contributed by atoms with E-state index in [1.54, 1.807) is 69.3 Å². The summed E-state index contributed by atoms with van der Waals surface area (Å²) in [5.74, 6) is -1.53. The van der Waals surface area contributed by atoms with Crippen LogP contribution in [0.3, 0.4) is 0 Å². The van der Waals surface area contributed by atoms with Gasteiger partial charge in [0.25, 0.3) is 0 Å². The maximum absolute atomic E-state index is 12.5. The number of esters is 1. The van der Waals surface area contributed by atoms with Gasteiger partial charge in [-0.05, 0) is 56.2 Å². The van der Waals surface area contributed by atoms with Gasteiger partial charge in [-0.25, -0.2) is 24.2 Å². The molecule has 0 fully saturated rings. The fourth-order valence-corrected chi connectivity index (χ4v) is 3.38. The molecule has 0 aromatic heterocycles. The Balaban J connectivity index is 1.55. The molecule has 3 aromatic rings. The van der Waals surface area contributed by atoms with Gasteiger partial charge in [-0.1, -0.05) is 60.7 Å². The lowest BCUT2D eigenvalue weighted by Gasteiger charge is -2.19. The maximum Gasteiger partial charge on any atom is 0.414 e. The van der Waals surface area contributed by atoms with Crippen LogP contribution in [0.25, 0.3) is 0 Å². The zero-order valence-electron chi connectivity index (χ0n) is 25.5. The van der Waals surface area contributed by atoms with Gasteiger partial charge in [0, 0.05) is 0 Å². The van der Waals surface area contributed by atoms with Crippen molar-refractivity contribution in [2.45, 2.75) is 39.6 Å². The van der Waals surface area contributed by atoms with Crippen molar-refractivity contribution in [1.29, 1.82) is 0 Å². The highest BCUT2D eigenvalue weighted by atomic mass is 16.6. The highest BCUT2D eigenvalue weighted by molar-refractivity contribution is 6.02. The van der Waals surface area contributed by atoms with Gasteiger partial charge in [-0.2, -0.15) is 0 Å². The molecule has 0 saturated heterocycles. The smallest absolute Gasteiger partial charge is 0.414 e. The Morgan fingerprint density at radius 3 is 1.67 bits per heavy atom. The van der Waals surface area contributed by atoms with Crippen molar-refractivity contribution >= 4 is 41.8 Å². The second-order valence-electron chi connectivity index (χ2n) is 10.4. The highest BCUT2D eigenvalue weighted by Crippen LogP contribution is 2.18. The topological polar surface area (TPSA) is 183 Å². The van der Waals surface area contributed by atoms with E-state index in [1.807, 2.05) is 12.1 Å². The van der Waals surface area contributed by atoms with Crippen molar-refractivity contribution in [3.8, 4) is 5.75 Å². The predicted molar refractivity (Wildman–Crippen MR) is 166 cm³/mol. The van der Waals surface area contributed by atoms with Crippen LogP contribution >= 0.6 is 0 Å². The average molecular weight is 634 g/mol. The van der Waals surface area contributed by atoms with E-state index >= 15 is 0 Å². The summed E-state index contributed by atoms with van der Waals surface area (Å²) in [5, 5.41) is 9.38. The number of amides is 4. The lowest BCUT2D eigenvalue weighted by molar-refractivity contribution is -0.135. The fourth-order valence-electron chi connectivity index (χ4n) is 3.38. The van der Waals surface area contributed by atoms with Crippen LogP contribution in [-0.4, -0.2) is 54.8 Å². The number of nitrogens with zero attached hydrogens (tertiary/aromatic N) is 1. The van der Waals surface area contributed by atoms with Crippen molar-refractivity contribution in [3.63, 3.8) is 0 Å². The summed E-state index contributed by atoms with van der Waals surface area (Å²) in [7, 11) is 0. The molecule has 0 bridgehead atoms. The first-order valence-electron chi connectivity index (χ1n) is 14.0. The first kappa shape index (κ1) is 34.6. The number of hydrogen-bond donors (Lipinski definition) is 4. The first-order chi connectivity index (χ1) is 21.9. The van der Waals surface area contributed by atoms with Crippen molar-refractivity contribution in [2.24, 2.45) is 4.99 Å². The van der Waals surface area contributed by atoms with Crippen molar-refractivity contribution in [1.82, 2.24) is 21.3 Å². The molecule has 4 amide bonds. The number of rotatable bonds is 10. The number of ether oxygens (including phenoxy) is 4. The van der Waals surface area contributed by atoms with Crippen LogP contribution in [0.4, 0.5) is 20.1 Å². The van der Waals surface area contributed by atoms with E-state index < -0.39 is 42.3 Å². The lowest BCUT2D eigenvalue weighted by Crippen LogP contribution is -2.44. The summed E-state index contributed by atoms with van der Waals surface area (Å²) in [6.45, 7) is 4.17. The van der Waals surface area contributed by atoms with Crippen LogP contribution in [0.15, 0.2) is 89.9 Å². The second kappa shape index (κ2) is 17.4. The first-order valence-corrected chi connectivity index (χ1v) is 14.0. The summed E-state index contributed by atoms with van der Waals surface area (Å²) in [4.78, 5) is 64.9. The van der Waals surface area contributed by atoms with Crippen molar-refractivity contribution in [2.75, 3.05) is 13.1 Å². The van der Waals surface area contributed by atoms with Crippen LogP contribution < -0.4 is 26.0 Å². The molecule has 14 heteroatoms. The second-order valence-corrected chi connectivity index (χ2v) is 10.4. The van der Waals surface area contributed by atoms with Gasteiger partial charge in [-0.15, -0.1) is 0 Å². The molecule has 4 N–H and O–H groups in total. The van der Waals surface area contributed by atoms with E-state index in [1.165, 1.54) is 24.3 Å². The zero-order chi connectivity index (χ0) is 33.4. The Labute approximate surface area is 265 Å². The van der Waals surface area contributed by atoms with Gasteiger partial charge in [0.2, 0.25) is 11.9 Å². The Morgan fingerprint density at radius 1 is 0.652 bits per heavy atom. The molecular formula is C32H35N5O9. The lowest BCUT2D eigenvalue weighted by atomic mass is 10.2. The molecule has 0 aliphatic carbocycles. The molecule has 0 aliphatic heterocycles. The SMILES string of the molecule is CC(C)(C)OC(=O)NCC(=O)NCC(=O)Oc1ccc(N=C(NC(=O)OCc2ccccc2)NC(=O)OCc2ccccc2)cc1. The van der Waals surface area contributed by atoms with E-state index in [9.17, 15) is 24.0 Å². The highest BCUT2D eigenvalue weighted by Gasteiger charge is 2.17. The van der Waals surface area contributed by atoms with Crippen LogP contribution in [0, 0.1) is 0 Å². The zero-order valence-corrected chi connectivity index (χ0v) is 25.5. The summed E-state index contributed by atoms with van der Waals surface area (Å²) >= 11 is 0. The molecule has 14 nitrogen and oxygen atoms in total. The van der Waals surface area contributed by atoms with Crippen molar-refractivity contribution < 1.29 is 42.9 Å². The molecule has 0 aliphatic rings. The molecule has 0 saturated carbocycles. The van der Waals surface area contributed by atoms with Crippen LogP contribution in [0.5, 0.6) is 5.75 Å². The minimum Gasteiger partial charge on any atom is -0.444 e. The van der Waals surface area contributed by atoms with E-state index in [0.29, 0.717) is 0 Å². The Bertz CT molecular complexity index is 1450. The largest absolute Gasteiger partial charge is 0.444 e. The molecule has 46 heavy (non-hydrogen) atoms. The molecule has 3 rings (SSSR count). The Kier molecular flexibility index (Phi) is 13.1. The number of guanidine groups is 1. The third kappa shape index (κ3) is 14.0. The van der Waals surface area contributed by atoms with E-state index in [2.05, 4.69) is 26.3 Å². The van der Waals surface area contributed by atoms with Gasteiger partial charge < -0.3 is 29.6 Å². The van der Waals surface area contributed by atoms with E-state index in [0.717, 1.165) is 11.1 Å². The molecule has 0 heterocycles. The standard InChI is InChI=1S/C32H35N5O9/c1-32(2,3)46-29(40)34-18-26(38)33-19-27(39)45-25-16-14-24(15-17-25)35-28(36-30(41)43-20-22-10-6-4-7-11-22)37-31(42)44-21-23-12-8-5-9-13-23/h4-17H,18-21H2,1-3H3,(H,33,38)(H,34,40)(H2,35,36,37,41,42). The predicted octanol–water partition coefficient (Wildman–Crippen LogP) is 4.07. The van der Waals surface area contributed by atoms with Gasteiger partial charge in [0.15, 0.2) is 0 Å². The Morgan fingerprint density at radius 2 is 1.17 bits per heavy atom. The van der Waals surface area contributed by atoms with Gasteiger partial charge in [0.1, 0.15) is 37.7 Å². The number of benzene rings is 3. The van der Waals surface area contributed by atoms with Crippen molar-refractivity contribution in [3.05, 3.63) is 96.1 Å². The number of carbonyl (C=O) groups excluding carboxylic acids is 5. The number of carbonyl (C=O) groups is 5. The molecule has 0 atom stereocenters. The third-order valence-electron chi connectivity index (χ3n) is 5.40. The summed E-state index contributed by atoms with van der Waals surface area (Å²) in [6.07, 6.45) is -2.52. The molecule has 0 unspecified atom stereocenters. The van der Waals surface area contributed by atoms with Crippen LogP contribution in [0.1, 0.15) is 31.9 Å². The molecule has 3 aromatic carbocycles. The molecule has 0 radical (unpaired) electrons. The molecular weight excluding hydrogens is 598 g/mol. The van der Waals surface area contributed by atoms with Crippen LogP contribution in [0.2, 0.25) is 0 Å². The minimum absolute atomic E-state index is 0.0147. The number of alkyl carbamates (subject to hydrolysis) is 3. The van der Waals surface area contributed by atoms with E-state index in [-0.39, 0.29) is 37.2 Å². The summed E-state index contributed by atoms with van der Waals surface area (Å²) in [5.41, 5.74) is 1.06. The average Bonchev–Trinajstić information content (AvgIpc) is 3.02. The summed E-state index contributed by atoms with van der Waals surface area (Å²) < 4.78 is 20.7. The van der Waals surface area contributed by atoms with Gasteiger partial charge in [0.05, 0.1) is 5.69 Å². The fraction of sp³-hybridized carbons (Fsp3) is 0.250. The number of hydrogen-bond acceptors (Lipinski definition) is 10. The quantitative estimate of drug-likeness (QED) is 0.0841. The van der Waals surface area contributed by atoms with Gasteiger partial charge >= 0.3 is 24.2 Å². The molecule has 242 valence electrons. The van der Waals surface area contributed by atoms with E-state index in [4.69, 9.17) is 18.9 Å². The number of nitrogens with one attached hydrogen (secondary N) is 4.